The lowest BCUT2D eigenvalue weighted by Gasteiger charge is -2.15. The van der Waals surface area contributed by atoms with E-state index in [1.807, 2.05) is 6.07 Å². The summed E-state index contributed by atoms with van der Waals surface area (Å²) in [6.07, 6.45) is 0. The monoisotopic (exact) mass is 222 g/mol. The van der Waals surface area contributed by atoms with Gasteiger partial charge in [-0.2, -0.15) is 0 Å². The fourth-order valence-corrected chi connectivity index (χ4v) is 1.30. The minimum absolute atomic E-state index is 0.101. The maximum absolute atomic E-state index is 11.3. The van der Waals surface area contributed by atoms with Gasteiger partial charge >= 0.3 is 0 Å². The summed E-state index contributed by atoms with van der Waals surface area (Å²) in [4.78, 5) is 22.5. The third-order valence-electron chi connectivity index (χ3n) is 2.00. The van der Waals surface area contributed by atoms with Gasteiger partial charge in [-0.05, 0) is 5.56 Å². The number of amides is 2. The molecule has 5 heteroatoms. The van der Waals surface area contributed by atoms with E-state index in [9.17, 15) is 9.59 Å². The number of hydrogen-bond acceptors (Lipinski definition) is 3. The molecule has 0 heterocycles. The molecule has 0 fully saturated rings. The Hall–Kier alpha value is -1.88. The zero-order valence-corrected chi connectivity index (χ0v) is 8.97. The Balaban J connectivity index is 2.77. The van der Waals surface area contributed by atoms with Crippen molar-refractivity contribution in [3.63, 3.8) is 0 Å². The van der Waals surface area contributed by atoms with Gasteiger partial charge in [-0.1, -0.05) is 30.3 Å². The van der Waals surface area contributed by atoms with Crippen molar-refractivity contribution < 1.29 is 14.3 Å². The average Bonchev–Trinajstić information content (AvgIpc) is 2.27. The molecular weight excluding hydrogens is 208 g/mol. The summed E-state index contributed by atoms with van der Waals surface area (Å²) < 4.78 is 4.66. The zero-order valence-electron chi connectivity index (χ0n) is 8.97. The predicted octanol–water partition coefficient (Wildman–Crippen LogP) is -0.0244. The smallest absolute Gasteiger partial charge is 0.246 e. The molecule has 0 aliphatic rings. The molecule has 0 saturated carbocycles. The standard InChI is InChI=1S/C11H14N2O3/c1-16-7-9(14)13-10(11(12)15)8-5-3-2-4-6-8/h2-6,10H,7H2,1H3,(H2,12,15)(H,13,14). The van der Waals surface area contributed by atoms with Gasteiger partial charge in [0.25, 0.3) is 0 Å². The van der Waals surface area contributed by atoms with Crippen LogP contribution in [0, 0.1) is 0 Å². The highest BCUT2D eigenvalue weighted by molar-refractivity contribution is 5.88. The molecule has 5 nitrogen and oxygen atoms in total. The Kier molecular flexibility index (Phi) is 4.47. The average molecular weight is 222 g/mol. The van der Waals surface area contributed by atoms with E-state index in [1.54, 1.807) is 24.3 Å². The molecule has 0 radical (unpaired) electrons. The first kappa shape index (κ1) is 12.2. The molecule has 0 aliphatic carbocycles. The Morgan fingerprint density at radius 3 is 2.50 bits per heavy atom. The fraction of sp³-hybridized carbons (Fsp3) is 0.273. The van der Waals surface area contributed by atoms with E-state index in [0.717, 1.165) is 0 Å². The van der Waals surface area contributed by atoms with Crippen molar-refractivity contribution >= 4 is 11.8 Å². The van der Waals surface area contributed by atoms with E-state index in [2.05, 4.69) is 10.1 Å². The highest BCUT2D eigenvalue weighted by Gasteiger charge is 2.19. The first-order valence-electron chi connectivity index (χ1n) is 4.77. The largest absolute Gasteiger partial charge is 0.375 e. The van der Waals surface area contributed by atoms with Crippen molar-refractivity contribution in [3.8, 4) is 0 Å². The van der Waals surface area contributed by atoms with Crippen molar-refractivity contribution in [1.29, 1.82) is 0 Å². The van der Waals surface area contributed by atoms with E-state index in [4.69, 9.17) is 5.73 Å². The number of nitrogens with one attached hydrogen (secondary N) is 1. The van der Waals surface area contributed by atoms with Crippen LogP contribution in [0.5, 0.6) is 0 Å². The van der Waals surface area contributed by atoms with Crippen LogP contribution < -0.4 is 11.1 Å². The van der Waals surface area contributed by atoms with Gasteiger partial charge in [-0.3, -0.25) is 9.59 Å². The second-order valence-electron chi connectivity index (χ2n) is 3.25. The van der Waals surface area contributed by atoms with Crippen LogP contribution in [0.1, 0.15) is 11.6 Å². The maximum Gasteiger partial charge on any atom is 0.246 e. The molecule has 1 aromatic carbocycles. The van der Waals surface area contributed by atoms with Crippen molar-refractivity contribution in [2.75, 3.05) is 13.7 Å². The summed E-state index contributed by atoms with van der Waals surface area (Å²) in [5.41, 5.74) is 5.87. The lowest BCUT2D eigenvalue weighted by Crippen LogP contribution is -2.39. The minimum Gasteiger partial charge on any atom is -0.375 e. The lowest BCUT2D eigenvalue weighted by atomic mass is 10.1. The second kappa shape index (κ2) is 5.87. The fourth-order valence-electron chi connectivity index (χ4n) is 1.30. The van der Waals surface area contributed by atoms with Crippen LogP contribution in [0.15, 0.2) is 30.3 Å². The number of methoxy groups -OCH3 is 1. The number of ether oxygens (including phenoxy) is 1. The molecule has 1 rings (SSSR count). The molecule has 1 aromatic rings. The van der Waals surface area contributed by atoms with Crippen LogP contribution in [0.3, 0.4) is 0 Å². The number of primary amides is 1. The summed E-state index contributed by atoms with van der Waals surface area (Å²) in [6, 6.07) is 7.99. The van der Waals surface area contributed by atoms with Crippen molar-refractivity contribution in [1.82, 2.24) is 5.32 Å². The first-order valence-corrected chi connectivity index (χ1v) is 4.77. The van der Waals surface area contributed by atoms with Crippen molar-refractivity contribution in [2.24, 2.45) is 5.73 Å². The SMILES string of the molecule is COCC(=O)NC(C(N)=O)c1ccccc1. The number of nitrogens with two attached hydrogens (primary N) is 1. The maximum atomic E-state index is 11.3. The topological polar surface area (TPSA) is 81.4 Å². The van der Waals surface area contributed by atoms with Crippen LogP contribution in [0.2, 0.25) is 0 Å². The van der Waals surface area contributed by atoms with Crippen LogP contribution in [0.25, 0.3) is 0 Å². The zero-order chi connectivity index (χ0) is 12.0. The molecule has 0 aliphatic heterocycles. The number of rotatable bonds is 5. The molecule has 0 saturated heterocycles. The van der Waals surface area contributed by atoms with Gasteiger partial charge in [-0.25, -0.2) is 0 Å². The quantitative estimate of drug-likeness (QED) is 0.734. The molecule has 0 aromatic heterocycles. The van der Waals surface area contributed by atoms with Gasteiger partial charge in [0.05, 0.1) is 0 Å². The van der Waals surface area contributed by atoms with Crippen LogP contribution in [0.4, 0.5) is 0 Å². The number of hydrogen-bond donors (Lipinski definition) is 2. The first-order chi connectivity index (χ1) is 7.65. The van der Waals surface area contributed by atoms with Gasteiger partial charge in [0.15, 0.2) is 0 Å². The van der Waals surface area contributed by atoms with Crippen LogP contribution >= 0.6 is 0 Å². The number of carbonyl (C=O) groups excluding carboxylic acids is 2. The third kappa shape index (κ3) is 3.36. The van der Waals surface area contributed by atoms with Crippen LogP contribution in [-0.2, 0) is 14.3 Å². The molecule has 0 spiro atoms. The highest BCUT2D eigenvalue weighted by atomic mass is 16.5. The highest BCUT2D eigenvalue weighted by Crippen LogP contribution is 2.11. The van der Waals surface area contributed by atoms with Crippen molar-refractivity contribution in [3.05, 3.63) is 35.9 Å². The van der Waals surface area contributed by atoms with E-state index in [-0.39, 0.29) is 12.5 Å². The third-order valence-corrected chi connectivity index (χ3v) is 2.00. The molecule has 16 heavy (non-hydrogen) atoms. The number of benzene rings is 1. The van der Waals surface area contributed by atoms with Gasteiger partial charge in [0, 0.05) is 7.11 Å². The Morgan fingerprint density at radius 2 is 2.00 bits per heavy atom. The lowest BCUT2D eigenvalue weighted by molar-refractivity contribution is -0.129. The van der Waals surface area contributed by atoms with E-state index in [1.165, 1.54) is 7.11 Å². The van der Waals surface area contributed by atoms with E-state index in [0.29, 0.717) is 5.56 Å². The predicted molar refractivity (Wildman–Crippen MR) is 58.4 cm³/mol. The Morgan fingerprint density at radius 1 is 1.38 bits per heavy atom. The summed E-state index contributed by atoms with van der Waals surface area (Å²) in [5, 5.41) is 2.50. The summed E-state index contributed by atoms with van der Waals surface area (Å²) in [5.74, 6) is -0.981. The molecular formula is C11H14N2O3. The van der Waals surface area contributed by atoms with Crippen LogP contribution in [-0.4, -0.2) is 25.5 Å². The van der Waals surface area contributed by atoms with Gasteiger partial charge in [0.2, 0.25) is 11.8 Å². The van der Waals surface area contributed by atoms with E-state index < -0.39 is 11.9 Å². The Labute approximate surface area is 93.6 Å². The summed E-state index contributed by atoms with van der Waals surface area (Å²) in [6.45, 7) is -0.101. The molecule has 2 amide bonds. The summed E-state index contributed by atoms with van der Waals surface area (Å²) >= 11 is 0. The minimum atomic E-state index is -0.816. The molecule has 3 N–H and O–H groups in total. The van der Waals surface area contributed by atoms with Gasteiger partial charge < -0.3 is 15.8 Å². The number of carbonyl (C=O) groups is 2. The Bertz CT molecular complexity index is 365. The molecule has 0 bridgehead atoms. The molecule has 86 valence electrons. The normalized spacial score (nSPS) is 11.8. The second-order valence-corrected chi connectivity index (χ2v) is 3.25. The molecule has 1 unspecified atom stereocenters. The summed E-state index contributed by atoms with van der Waals surface area (Å²) in [7, 11) is 1.40. The van der Waals surface area contributed by atoms with Gasteiger partial charge in [-0.15, -0.1) is 0 Å². The van der Waals surface area contributed by atoms with Crippen molar-refractivity contribution in [2.45, 2.75) is 6.04 Å². The molecule has 1 atom stereocenters. The van der Waals surface area contributed by atoms with E-state index >= 15 is 0 Å². The van der Waals surface area contributed by atoms with Gasteiger partial charge in [0.1, 0.15) is 12.6 Å².